The number of likely N-dealkylation sites (tertiary alicyclic amines) is 1. The summed E-state index contributed by atoms with van der Waals surface area (Å²) in [4.78, 5) is 7.84. The number of ether oxygens (including phenoxy) is 1. The van der Waals surface area contributed by atoms with Gasteiger partial charge in [0.2, 0.25) is 0 Å². The average molecular weight is 446 g/mol. The molecule has 0 bridgehead atoms. The number of nitrogens with zero attached hydrogens (tertiary/aromatic N) is 3. The van der Waals surface area contributed by atoms with Crippen molar-refractivity contribution in [1.29, 1.82) is 5.26 Å². The second-order valence-electron chi connectivity index (χ2n) is 8.58. The van der Waals surface area contributed by atoms with E-state index in [9.17, 15) is 5.26 Å². The van der Waals surface area contributed by atoms with Gasteiger partial charge in [0.15, 0.2) is 0 Å². The zero-order valence-electron chi connectivity index (χ0n) is 18.0. The Hall–Kier alpha value is -1.61. The van der Waals surface area contributed by atoms with E-state index in [-0.39, 0.29) is 5.41 Å². The van der Waals surface area contributed by atoms with Crippen molar-refractivity contribution < 1.29 is 4.74 Å². The van der Waals surface area contributed by atoms with Crippen molar-refractivity contribution in [2.75, 3.05) is 26.2 Å². The topological polar surface area (TPSA) is 49.2 Å². The van der Waals surface area contributed by atoms with E-state index >= 15 is 0 Å². The summed E-state index contributed by atoms with van der Waals surface area (Å²) in [5.74, 6) is 1.78. The van der Waals surface area contributed by atoms with Gasteiger partial charge in [-0.05, 0) is 75.0 Å². The van der Waals surface area contributed by atoms with Crippen LogP contribution in [0.1, 0.15) is 50.8 Å². The number of rotatable bonds is 10. The Morgan fingerprint density at radius 2 is 2.17 bits per heavy atom. The molecule has 1 aliphatic heterocycles. The third-order valence-electron chi connectivity index (χ3n) is 6.37. The maximum atomic E-state index is 9.99. The van der Waals surface area contributed by atoms with Gasteiger partial charge in [0.05, 0.1) is 29.3 Å². The lowest BCUT2D eigenvalue weighted by molar-refractivity contribution is 0.158. The monoisotopic (exact) mass is 445 g/mol. The van der Waals surface area contributed by atoms with Crippen LogP contribution >= 0.6 is 22.9 Å². The molecule has 30 heavy (non-hydrogen) atoms. The van der Waals surface area contributed by atoms with Gasteiger partial charge in [0.1, 0.15) is 5.75 Å². The van der Waals surface area contributed by atoms with Crippen molar-refractivity contribution >= 4 is 22.9 Å². The number of piperidine rings is 1. The van der Waals surface area contributed by atoms with E-state index in [1.165, 1.54) is 17.7 Å². The summed E-state index contributed by atoms with van der Waals surface area (Å²) >= 11 is 7.67. The molecule has 0 N–H and O–H groups in total. The van der Waals surface area contributed by atoms with Gasteiger partial charge in [-0.1, -0.05) is 31.5 Å². The highest BCUT2D eigenvalue weighted by Crippen LogP contribution is 2.39. The second kappa shape index (κ2) is 11.1. The number of nitriles is 1. The second-order valence-corrected chi connectivity index (χ2v) is 9.96. The highest BCUT2D eigenvalue weighted by Gasteiger charge is 2.36. The van der Waals surface area contributed by atoms with Gasteiger partial charge >= 0.3 is 0 Å². The fourth-order valence-corrected chi connectivity index (χ4v) is 5.58. The molecule has 0 aliphatic carbocycles. The van der Waals surface area contributed by atoms with Crippen LogP contribution in [0.5, 0.6) is 5.75 Å². The van der Waals surface area contributed by atoms with E-state index in [4.69, 9.17) is 16.3 Å². The molecule has 3 heterocycles. The Bertz CT molecular complexity index is 812. The van der Waals surface area contributed by atoms with Crippen molar-refractivity contribution in [2.24, 2.45) is 11.8 Å². The SMILES string of the molecule is CC(C)C(C#N)(CCCN1CCC(CCOc2cncc(Cl)c2)CC1)c1cccs1. The third kappa shape index (κ3) is 5.97. The molecular formula is C24H32ClN3OS. The zero-order chi connectivity index (χ0) is 21.4. The molecule has 162 valence electrons. The molecule has 3 rings (SSSR count). The lowest BCUT2D eigenvalue weighted by atomic mass is 9.73. The Morgan fingerprint density at radius 1 is 1.37 bits per heavy atom. The normalized spacial score (nSPS) is 17.6. The average Bonchev–Trinajstić information content (AvgIpc) is 3.27. The molecule has 4 nitrogen and oxygen atoms in total. The van der Waals surface area contributed by atoms with Crippen LogP contribution in [0.25, 0.3) is 0 Å². The maximum Gasteiger partial charge on any atom is 0.139 e. The van der Waals surface area contributed by atoms with Gasteiger partial charge in [-0.15, -0.1) is 11.3 Å². The molecule has 2 aromatic heterocycles. The van der Waals surface area contributed by atoms with Crippen molar-refractivity contribution in [3.05, 3.63) is 45.9 Å². The molecule has 1 fully saturated rings. The predicted octanol–water partition coefficient (Wildman–Crippen LogP) is 6.18. The molecule has 0 spiro atoms. The number of aromatic nitrogens is 1. The largest absolute Gasteiger partial charge is 0.492 e. The smallest absolute Gasteiger partial charge is 0.139 e. The maximum absolute atomic E-state index is 9.99. The Kier molecular flexibility index (Phi) is 8.56. The van der Waals surface area contributed by atoms with Gasteiger partial charge in [-0.2, -0.15) is 5.26 Å². The third-order valence-corrected chi connectivity index (χ3v) is 7.63. The first-order valence-corrected chi connectivity index (χ1v) is 12.2. The minimum atomic E-state index is -0.348. The van der Waals surface area contributed by atoms with E-state index in [1.54, 1.807) is 23.7 Å². The number of hydrogen-bond donors (Lipinski definition) is 0. The van der Waals surface area contributed by atoms with Crippen molar-refractivity contribution in [3.63, 3.8) is 0 Å². The molecule has 1 unspecified atom stereocenters. The van der Waals surface area contributed by atoms with Gasteiger partial charge < -0.3 is 9.64 Å². The van der Waals surface area contributed by atoms with Crippen LogP contribution in [0.2, 0.25) is 5.02 Å². The fourth-order valence-electron chi connectivity index (χ4n) is 4.36. The van der Waals surface area contributed by atoms with Crippen LogP contribution in [0, 0.1) is 23.2 Å². The molecule has 1 aliphatic rings. The Morgan fingerprint density at radius 3 is 2.80 bits per heavy atom. The molecule has 0 saturated carbocycles. The number of halogens is 1. The quantitative estimate of drug-likeness (QED) is 0.438. The van der Waals surface area contributed by atoms with Crippen molar-refractivity contribution in [2.45, 2.75) is 51.4 Å². The standard InChI is InChI=1S/C24H32ClN3OS/c1-19(2)24(18-26,23-5-3-14-30-23)9-4-10-28-11-6-20(7-12-28)8-13-29-22-15-21(25)16-27-17-22/h3,5,14-17,19-20H,4,6-13H2,1-2H3. The molecule has 0 radical (unpaired) electrons. The summed E-state index contributed by atoms with van der Waals surface area (Å²) in [5.41, 5.74) is -0.348. The minimum Gasteiger partial charge on any atom is -0.492 e. The first kappa shape index (κ1) is 23.1. The van der Waals surface area contributed by atoms with Crippen LogP contribution in [0.4, 0.5) is 0 Å². The highest BCUT2D eigenvalue weighted by atomic mass is 35.5. The molecule has 1 atom stereocenters. The summed E-state index contributed by atoms with van der Waals surface area (Å²) in [7, 11) is 0. The number of pyridine rings is 1. The Balaban J connectivity index is 1.38. The fraction of sp³-hybridized carbons (Fsp3) is 0.583. The van der Waals surface area contributed by atoms with Gasteiger partial charge in [0, 0.05) is 17.1 Å². The van der Waals surface area contributed by atoms with E-state index in [0.717, 1.165) is 44.6 Å². The first-order chi connectivity index (χ1) is 14.5. The van der Waals surface area contributed by atoms with Crippen LogP contribution in [-0.4, -0.2) is 36.1 Å². The first-order valence-electron chi connectivity index (χ1n) is 10.9. The summed E-state index contributed by atoms with van der Waals surface area (Å²) < 4.78 is 5.80. The summed E-state index contributed by atoms with van der Waals surface area (Å²) in [6.07, 6.45) is 8.84. The molecule has 6 heteroatoms. The summed E-state index contributed by atoms with van der Waals surface area (Å²) in [5, 5.41) is 12.7. The summed E-state index contributed by atoms with van der Waals surface area (Å²) in [6.45, 7) is 8.44. The number of hydrogen-bond acceptors (Lipinski definition) is 5. The molecular weight excluding hydrogens is 414 g/mol. The van der Waals surface area contributed by atoms with Crippen LogP contribution in [-0.2, 0) is 5.41 Å². The van der Waals surface area contributed by atoms with E-state index < -0.39 is 0 Å². The minimum absolute atomic E-state index is 0.321. The van der Waals surface area contributed by atoms with Crippen molar-refractivity contribution in [1.82, 2.24) is 9.88 Å². The van der Waals surface area contributed by atoms with Crippen LogP contribution < -0.4 is 4.74 Å². The van der Waals surface area contributed by atoms with Gasteiger partial charge in [0.25, 0.3) is 0 Å². The van der Waals surface area contributed by atoms with Crippen molar-refractivity contribution in [3.8, 4) is 11.8 Å². The lowest BCUT2D eigenvalue weighted by Gasteiger charge is -2.34. The van der Waals surface area contributed by atoms with E-state index in [0.29, 0.717) is 23.5 Å². The molecule has 2 aromatic rings. The van der Waals surface area contributed by atoms with Gasteiger partial charge in [-0.3, -0.25) is 4.98 Å². The zero-order valence-corrected chi connectivity index (χ0v) is 19.6. The van der Waals surface area contributed by atoms with E-state index in [2.05, 4.69) is 47.3 Å². The summed E-state index contributed by atoms with van der Waals surface area (Å²) in [6, 6.07) is 8.67. The lowest BCUT2D eigenvalue weighted by Crippen LogP contribution is -2.36. The van der Waals surface area contributed by atoms with Gasteiger partial charge in [-0.25, -0.2) is 0 Å². The molecule has 0 amide bonds. The Labute approximate surface area is 189 Å². The molecule has 0 aromatic carbocycles. The number of thiophene rings is 1. The van der Waals surface area contributed by atoms with Crippen LogP contribution in [0.15, 0.2) is 36.0 Å². The van der Waals surface area contributed by atoms with E-state index in [1.807, 2.05) is 6.07 Å². The predicted molar refractivity (Wildman–Crippen MR) is 124 cm³/mol. The van der Waals surface area contributed by atoms with Crippen LogP contribution in [0.3, 0.4) is 0 Å². The highest BCUT2D eigenvalue weighted by molar-refractivity contribution is 7.10. The molecule has 1 saturated heterocycles.